The minimum Gasteiger partial charge on any atom is -0.467 e. The highest BCUT2D eigenvalue weighted by atomic mass is 16.7. The minimum atomic E-state index is -0.546. The number of aryl methyl sites for hydroxylation is 14. The summed E-state index contributed by atoms with van der Waals surface area (Å²) in [6, 6.07) is 39.3. The predicted octanol–water partition coefficient (Wildman–Crippen LogP) is 20.8. The van der Waals surface area contributed by atoms with Crippen LogP contribution < -0.4 is 18.9 Å². The van der Waals surface area contributed by atoms with E-state index in [2.05, 4.69) is 160 Å². The van der Waals surface area contributed by atoms with E-state index in [9.17, 15) is 9.59 Å². The Bertz CT molecular complexity index is 4450. The Morgan fingerprint density at radius 3 is 0.581 bits per heavy atom. The number of esters is 2. The summed E-state index contributed by atoms with van der Waals surface area (Å²) < 4.78 is 36.3. The van der Waals surface area contributed by atoms with Crippen molar-refractivity contribution in [1.29, 1.82) is 0 Å². The van der Waals surface area contributed by atoms with Crippen LogP contribution in [0.2, 0.25) is 0 Å². The molecule has 86 heavy (non-hydrogen) atoms. The molecule has 0 aliphatic carbocycles. The van der Waals surface area contributed by atoms with Crippen LogP contribution >= 0.6 is 0 Å². The Kier molecular flexibility index (Phi) is 18.0. The normalized spacial score (nSPS) is 11.4. The van der Waals surface area contributed by atoms with E-state index in [1.807, 2.05) is 45.9 Å². The van der Waals surface area contributed by atoms with E-state index in [0.29, 0.717) is 23.0 Å². The Labute approximate surface area is 507 Å². The van der Waals surface area contributed by atoms with E-state index in [0.717, 1.165) is 76.5 Å². The fraction of sp³-hybridized carbons (Fsp3) is 0.282. The molecule has 12 aromatic rings. The second kappa shape index (κ2) is 24.4. The molecule has 0 saturated carbocycles. The number of ether oxygens (including phenoxy) is 6. The van der Waals surface area contributed by atoms with Gasteiger partial charge in [-0.05, 0) is 320 Å². The lowest BCUT2D eigenvalue weighted by Crippen LogP contribution is -2.18. The molecule has 0 heterocycles. The second-order valence-corrected chi connectivity index (χ2v) is 23.2. The third-order valence-corrected chi connectivity index (χ3v) is 17.5. The average Bonchev–Trinajstić information content (AvgIpc) is 0.762. The van der Waals surface area contributed by atoms with Crippen molar-refractivity contribution in [3.05, 3.63) is 187 Å². The number of benzene rings is 12. The van der Waals surface area contributed by atoms with Gasteiger partial charge in [0.1, 0.15) is 36.2 Å². The van der Waals surface area contributed by atoms with Crippen LogP contribution in [0, 0.1) is 96.9 Å². The maximum Gasteiger partial charge on any atom is 0.337 e. The van der Waals surface area contributed by atoms with E-state index >= 15 is 0 Å². The van der Waals surface area contributed by atoms with Gasteiger partial charge in [-0.25, -0.2) is 9.59 Å². The molecule has 12 aromatic carbocycles. The van der Waals surface area contributed by atoms with Gasteiger partial charge in [0.15, 0.2) is 13.6 Å². The lowest BCUT2D eigenvalue weighted by molar-refractivity contribution is -0.142. The van der Waals surface area contributed by atoms with Crippen molar-refractivity contribution in [2.45, 2.75) is 127 Å². The van der Waals surface area contributed by atoms with Gasteiger partial charge in [0.2, 0.25) is 0 Å². The SMILES string of the molecule is C.C.C.C.Cc1cc2c3cc(C)c(C)cc3c3cc(OCOCC(=O)Oc4cc5c6cc(C)c(C)cc6c6cc(C)c(OC(=O)COCOc7cc8c9cc(C)c(C)cc9c9cc(C)c(C)cc9c8cc7C)cc6c5cc4C)c(C)cc3c2cc1C. The molecule has 0 radical (unpaired) electrons. The molecular weight excluding hydrogens is 1060 g/mol. The molecule has 0 spiro atoms. The third-order valence-electron chi connectivity index (χ3n) is 17.5. The van der Waals surface area contributed by atoms with Gasteiger partial charge in [-0.1, -0.05) is 90.4 Å². The summed E-state index contributed by atoms with van der Waals surface area (Å²) in [5.74, 6) is 1.14. The quantitative estimate of drug-likeness (QED) is 0.0393. The van der Waals surface area contributed by atoms with Crippen LogP contribution in [0.1, 0.15) is 108 Å². The molecular formula is C78H84O8. The van der Waals surface area contributed by atoms with Crippen LogP contribution in [0.5, 0.6) is 23.0 Å². The molecule has 0 N–H and O–H groups in total. The van der Waals surface area contributed by atoms with Gasteiger partial charge in [0.05, 0.1) is 0 Å². The van der Waals surface area contributed by atoms with Crippen LogP contribution in [-0.2, 0) is 19.1 Å². The van der Waals surface area contributed by atoms with Crippen molar-refractivity contribution in [3.8, 4) is 23.0 Å². The summed E-state index contributed by atoms with van der Waals surface area (Å²) in [7, 11) is 0. The Morgan fingerprint density at radius 1 is 0.233 bits per heavy atom. The highest BCUT2D eigenvalue weighted by Gasteiger charge is 2.21. The first kappa shape index (κ1) is 63.5. The van der Waals surface area contributed by atoms with E-state index in [-0.39, 0.29) is 56.5 Å². The van der Waals surface area contributed by atoms with Crippen LogP contribution in [0.15, 0.2) is 109 Å². The fourth-order valence-corrected chi connectivity index (χ4v) is 12.1. The number of carbonyl (C=O) groups is 2. The topological polar surface area (TPSA) is 89.5 Å². The lowest BCUT2D eigenvalue weighted by atomic mass is 9.89. The Hall–Kier alpha value is -8.56. The van der Waals surface area contributed by atoms with Gasteiger partial charge in [0.25, 0.3) is 0 Å². The Balaban J connectivity index is 0.00000240. The molecule has 0 bridgehead atoms. The summed E-state index contributed by atoms with van der Waals surface area (Å²) in [5.41, 5.74) is 15.8. The summed E-state index contributed by atoms with van der Waals surface area (Å²) in [4.78, 5) is 27.1. The smallest absolute Gasteiger partial charge is 0.337 e. The van der Waals surface area contributed by atoms with Crippen molar-refractivity contribution in [1.82, 2.24) is 0 Å². The second-order valence-electron chi connectivity index (χ2n) is 23.2. The van der Waals surface area contributed by atoms with Crippen LogP contribution in [0.3, 0.4) is 0 Å². The van der Waals surface area contributed by atoms with Crippen molar-refractivity contribution in [2.24, 2.45) is 0 Å². The standard InChI is InChI=1S/C74H68O8.4CH4/c1-37-15-51-53-17-39(3)44(8)22-58(53)65-29-69(47(11)25-61(65)55(51)19-41(37)5)79-35-77-33-73(75)81-71-31-67-60-24-46(10)43(7)21-57(60)63-27-49(13)72(32-68(63)64(67)28-50(71)14)82-74(76)34-78-36-80-70-30-66-59-23-45(9)40(4)18-54(59)52-16-38(2)42(6)20-56(52)62(66)26-48(70)12;;;;/h15-32H,33-36H2,1-14H3;4*1H4. The monoisotopic (exact) mass is 1150 g/mol. The van der Waals surface area contributed by atoms with Gasteiger partial charge in [-0.2, -0.15) is 0 Å². The summed E-state index contributed by atoms with van der Waals surface area (Å²) >= 11 is 0. The summed E-state index contributed by atoms with van der Waals surface area (Å²) in [6.45, 7) is 28.5. The zero-order valence-electron chi connectivity index (χ0n) is 49.5. The van der Waals surface area contributed by atoms with Gasteiger partial charge < -0.3 is 28.4 Å². The van der Waals surface area contributed by atoms with Gasteiger partial charge >= 0.3 is 11.9 Å². The van der Waals surface area contributed by atoms with E-state index in [1.54, 1.807) is 0 Å². The number of fused-ring (bicyclic) bond motifs is 18. The number of hydrogen-bond donors (Lipinski definition) is 0. The molecule has 8 nitrogen and oxygen atoms in total. The van der Waals surface area contributed by atoms with E-state index in [1.165, 1.54) is 98.4 Å². The molecule has 0 aliphatic heterocycles. The first-order chi connectivity index (χ1) is 39.2. The summed E-state index contributed by atoms with van der Waals surface area (Å²) in [5, 5.41) is 20.1. The van der Waals surface area contributed by atoms with Crippen LogP contribution in [0.25, 0.3) is 97.0 Å². The molecule has 12 rings (SSSR count). The molecule has 0 aliphatic rings. The zero-order chi connectivity index (χ0) is 57.7. The third kappa shape index (κ3) is 11.2. The number of hydrogen-bond acceptors (Lipinski definition) is 8. The van der Waals surface area contributed by atoms with E-state index in [4.69, 9.17) is 28.4 Å². The highest BCUT2D eigenvalue weighted by Crippen LogP contribution is 2.44. The lowest BCUT2D eigenvalue weighted by Gasteiger charge is -2.18. The van der Waals surface area contributed by atoms with Crippen LogP contribution in [-0.4, -0.2) is 38.7 Å². The fourth-order valence-electron chi connectivity index (χ4n) is 12.1. The van der Waals surface area contributed by atoms with Crippen molar-refractivity contribution in [3.63, 3.8) is 0 Å². The van der Waals surface area contributed by atoms with Gasteiger partial charge in [0, 0.05) is 0 Å². The Morgan fingerprint density at radius 2 is 0.384 bits per heavy atom. The first-order valence-electron chi connectivity index (χ1n) is 28.2. The highest BCUT2D eigenvalue weighted by molar-refractivity contribution is 6.28. The number of rotatable bonds is 12. The predicted molar refractivity (Wildman–Crippen MR) is 364 cm³/mol. The van der Waals surface area contributed by atoms with E-state index < -0.39 is 11.9 Å². The first-order valence-corrected chi connectivity index (χ1v) is 28.2. The summed E-state index contributed by atoms with van der Waals surface area (Å²) in [6.07, 6.45) is 0. The maximum atomic E-state index is 13.6. The van der Waals surface area contributed by atoms with Gasteiger partial charge in [-0.3, -0.25) is 0 Å². The molecule has 8 heteroatoms. The van der Waals surface area contributed by atoms with Gasteiger partial charge in [-0.15, -0.1) is 0 Å². The minimum absolute atomic E-state index is 0. The molecule has 0 unspecified atom stereocenters. The largest absolute Gasteiger partial charge is 0.467 e. The van der Waals surface area contributed by atoms with Crippen LogP contribution in [0.4, 0.5) is 0 Å². The molecule has 0 atom stereocenters. The van der Waals surface area contributed by atoms with Crippen molar-refractivity contribution in [2.75, 3.05) is 26.8 Å². The molecule has 0 amide bonds. The maximum absolute atomic E-state index is 13.6. The molecule has 0 saturated heterocycles. The zero-order valence-corrected chi connectivity index (χ0v) is 49.5. The van der Waals surface area contributed by atoms with Crippen molar-refractivity contribution < 1.29 is 38.0 Å². The molecule has 0 aromatic heterocycles. The van der Waals surface area contributed by atoms with Crippen molar-refractivity contribution >= 4 is 109 Å². The molecule has 0 fully saturated rings. The average molecular weight is 1150 g/mol. The number of carbonyl (C=O) groups excluding carboxylic acids is 2. The molecule has 444 valence electrons.